The van der Waals surface area contributed by atoms with Crippen LogP contribution in [0.5, 0.6) is 0 Å². The SMILES string of the molecule is Cc1ccc(N(CC(=O)Nc2ccc3c(c2)sc(=O)n3C)S(C)(=O)=O)cc1C. The van der Waals surface area contributed by atoms with Crippen LogP contribution in [0.25, 0.3) is 10.2 Å². The maximum absolute atomic E-state index is 12.5. The fourth-order valence-electron chi connectivity index (χ4n) is 2.82. The normalized spacial score (nSPS) is 11.6. The minimum Gasteiger partial charge on any atom is -0.324 e. The number of fused-ring (bicyclic) bond motifs is 1. The number of sulfonamides is 1. The van der Waals surface area contributed by atoms with Crippen LogP contribution in [0.3, 0.4) is 0 Å². The third kappa shape index (κ3) is 4.10. The van der Waals surface area contributed by atoms with Crippen molar-refractivity contribution in [2.45, 2.75) is 13.8 Å². The van der Waals surface area contributed by atoms with Gasteiger partial charge in [-0.3, -0.25) is 13.9 Å². The van der Waals surface area contributed by atoms with Gasteiger partial charge >= 0.3 is 4.87 Å². The van der Waals surface area contributed by atoms with Gasteiger partial charge in [-0.25, -0.2) is 8.42 Å². The van der Waals surface area contributed by atoms with Gasteiger partial charge in [0.15, 0.2) is 0 Å². The van der Waals surface area contributed by atoms with E-state index in [1.165, 1.54) is 4.57 Å². The molecular weight excluding hydrogens is 398 g/mol. The molecule has 9 heteroatoms. The number of thiazole rings is 1. The van der Waals surface area contributed by atoms with Crippen molar-refractivity contribution in [1.82, 2.24) is 4.57 Å². The van der Waals surface area contributed by atoms with Crippen LogP contribution in [0.2, 0.25) is 0 Å². The molecule has 3 rings (SSSR count). The van der Waals surface area contributed by atoms with E-state index in [0.29, 0.717) is 11.4 Å². The van der Waals surface area contributed by atoms with Gasteiger partial charge in [-0.1, -0.05) is 17.4 Å². The number of rotatable bonds is 5. The van der Waals surface area contributed by atoms with Gasteiger partial charge in [-0.05, 0) is 55.3 Å². The Hall–Kier alpha value is -2.65. The lowest BCUT2D eigenvalue weighted by Crippen LogP contribution is -2.37. The average molecular weight is 420 g/mol. The van der Waals surface area contributed by atoms with Crippen LogP contribution >= 0.6 is 11.3 Å². The second kappa shape index (κ2) is 7.40. The van der Waals surface area contributed by atoms with Gasteiger partial charge in [-0.2, -0.15) is 0 Å². The highest BCUT2D eigenvalue weighted by atomic mass is 32.2. The summed E-state index contributed by atoms with van der Waals surface area (Å²) in [6.07, 6.45) is 1.07. The van der Waals surface area contributed by atoms with Crippen molar-refractivity contribution in [1.29, 1.82) is 0 Å². The molecule has 1 amide bonds. The standard InChI is InChI=1S/C19H21N3O4S2/c1-12-5-7-15(9-13(12)2)22(28(4,25)26)11-18(23)20-14-6-8-16-17(10-14)27-19(24)21(16)3/h5-10H,11H2,1-4H3,(H,20,23). The molecule has 0 spiro atoms. The molecule has 1 aromatic heterocycles. The molecule has 2 aromatic carbocycles. The Morgan fingerprint density at radius 1 is 1.14 bits per heavy atom. The van der Waals surface area contributed by atoms with Gasteiger partial charge in [0, 0.05) is 12.7 Å². The predicted octanol–water partition coefficient (Wildman–Crippen LogP) is 2.62. The molecule has 3 aromatic rings. The molecule has 1 heterocycles. The summed E-state index contributed by atoms with van der Waals surface area (Å²) in [6, 6.07) is 10.4. The van der Waals surface area contributed by atoms with Gasteiger partial charge < -0.3 is 9.88 Å². The predicted molar refractivity (Wildman–Crippen MR) is 114 cm³/mol. The fourth-order valence-corrected chi connectivity index (χ4v) is 4.59. The molecule has 0 radical (unpaired) electrons. The van der Waals surface area contributed by atoms with E-state index in [4.69, 9.17) is 0 Å². The van der Waals surface area contributed by atoms with Gasteiger partial charge in [0.25, 0.3) is 0 Å². The molecule has 148 valence electrons. The molecular formula is C19H21N3O4S2. The van der Waals surface area contributed by atoms with E-state index < -0.39 is 15.9 Å². The van der Waals surface area contributed by atoms with Crippen LogP contribution < -0.4 is 14.5 Å². The van der Waals surface area contributed by atoms with Crippen LogP contribution in [-0.2, 0) is 21.9 Å². The highest BCUT2D eigenvalue weighted by Crippen LogP contribution is 2.23. The molecule has 0 atom stereocenters. The minimum atomic E-state index is -3.64. The highest BCUT2D eigenvalue weighted by molar-refractivity contribution is 7.92. The molecule has 0 saturated carbocycles. The van der Waals surface area contributed by atoms with E-state index in [0.717, 1.165) is 43.2 Å². The first-order valence-corrected chi connectivity index (χ1v) is 11.2. The fraction of sp³-hybridized carbons (Fsp3) is 0.263. The first kappa shape index (κ1) is 20.1. The summed E-state index contributed by atoms with van der Waals surface area (Å²) in [5, 5.41) is 2.71. The molecule has 7 nitrogen and oxygen atoms in total. The van der Waals surface area contributed by atoms with Crippen molar-refractivity contribution in [3.8, 4) is 0 Å². The summed E-state index contributed by atoms with van der Waals surface area (Å²) in [4.78, 5) is 24.2. The minimum absolute atomic E-state index is 0.0866. The van der Waals surface area contributed by atoms with Crippen molar-refractivity contribution in [3.63, 3.8) is 0 Å². The molecule has 0 aliphatic rings. The first-order valence-electron chi connectivity index (χ1n) is 8.50. The molecule has 1 N–H and O–H groups in total. The second-order valence-corrected chi connectivity index (χ2v) is 9.60. The number of nitrogens with zero attached hydrogens (tertiary/aromatic N) is 2. The van der Waals surface area contributed by atoms with Crippen LogP contribution in [0.4, 0.5) is 11.4 Å². The quantitative estimate of drug-likeness (QED) is 0.689. The number of anilines is 2. The molecule has 28 heavy (non-hydrogen) atoms. The van der Waals surface area contributed by atoms with Crippen molar-refractivity contribution in [3.05, 3.63) is 57.2 Å². The molecule has 0 bridgehead atoms. The summed E-state index contributed by atoms with van der Waals surface area (Å²) in [6.45, 7) is 3.48. The maximum atomic E-state index is 12.5. The number of hydrogen-bond acceptors (Lipinski definition) is 5. The Morgan fingerprint density at radius 2 is 1.86 bits per heavy atom. The monoisotopic (exact) mass is 419 g/mol. The first-order chi connectivity index (χ1) is 13.1. The van der Waals surface area contributed by atoms with Crippen molar-refractivity contribution < 1.29 is 13.2 Å². The summed E-state index contributed by atoms with van der Waals surface area (Å²) in [5.74, 6) is -0.466. The maximum Gasteiger partial charge on any atom is 0.307 e. The number of nitrogens with one attached hydrogen (secondary N) is 1. The van der Waals surface area contributed by atoms with E-state index in [9.17, 15) is 18.0 Å². The third-order valence-corrected chi connectivity index (χ3v) is 6.68. The smallest absolute Gasteiger partial charge is 0.307 e. The number of aromatic nitrogens is 1. The van der Waals surface area contributed by atoms with Gasteiger partial charge in [-0.15, -0.1) is 0 Å². The summed E-state index contributed by atoms with van der Waals surface area (Å²) in [7, 11) is -1.95. The van der Waals surface area contributed by atoms with E-state index in [1.807, 2.05) is 19.9 Å². The number of amides is 1. The molecule has 0 unspecified atom stereocenters. The van der Waals surface area contributed by atoms with E-state index in [2.05, 4.69) is 5.32 Å². The van der Waals surface area contributed by atoms with Crippen molar-refractivity contribution >= 4 is 48.9 Å². The number of carbonyl (C=O) groups is 1. The van der Waals surface area contributed by atoms with Crippen LogP contribution in [0.15, 0.2) is 41.2 Å². The van der Waals surface area contributed by atoms with Crippen molar-refractivity contribution in [2.75, 3.05) is 22.4 Å². The zero-order valence-electron chi connectivity index (χ0n) is 16.0. The summed E-state index contributed by atoms with van der Waals surface area (Å²) < 4.78 is 27.8. The Labute approximate surface area is 167 Å². The Bertz CT molecular complexity index is 1230. The third-order valence-electron chi connectivity index (χ3n) is 4.54. The largest absolute Gasteiger partial charge is 0.324 e. The Morgan fingerprint density at radius 3 is 2.50 bits per heavy atom. The van der Waals surface area contributed by atoms with E-state index >= 15 is 0 Å². The molecule has 0 aliphatic carbocycles. The molecule has 0 aliphatic heterocycles. The van der Waals surface area contributed by atoms with Crippen LogP contribution in [0, 0.1) is 13.8 Å². The highest BCUT2D eigenvalue weighted by Gasteiger charge is 2.21. The lowest BCUT2D eigenvalue weighted by Gasteiger charge is -2.22. The zero-order chi connectivity index (χ0) is 20.6. The van der Waals surface area contributed by atoms with Gasteiger partial charge in [0.2, 0.25) is 15.9 Å². The van der Waals surface area contributed by atoms with E-state index in [1.54, 1.807) is 37.4 Å². The van der Waals surface area contributed by atoms with E-state index in [-0.39, 0.29) is 11.4 Å². The topological polar surface area (TPSA) is 88.5 Å². The Balaban J connectivity index is 1.84. The van der Waals surface area contributed by atoms with Crippen molar-refractivity contribution in [2.24, 2.45) is 7.05 Å². The average Bonchev–Trinajstić information content (AvgIpc) is 2.88. The second-order valence-electron chi connectivity index (χ2n) is 6.70. The molecule has 0 fully saturated rings. The lowest BCUT2D eigenvalue weighted by atomic mass is 10.1. The zero-order valence-corrected chi connectivity index (χ0v) is 17.6. The summed E-state index contributed by atoms with van der Waals surface area (Å²) in [5.41, 5.74) is 3.71. The number of benzene rings is 2. The van der Waals surface area contributed by atoms with Crippen LogP contribution in [0.1, 0.15) is 11.1 Å². The van der Waals surface area contributed by atoms with Gasteiger partial charge in [0.1, 0.15) is 6.54 Å². The number of carbonyl (C=O) groups excluding carboxylic acids is 1. The molecule has 0 saturated heterocycles. The Kier molecular flexibility index (Phi) is 5.31. The number of hydrogen-bond donors (Lipinski definition) is 1. The summed E-state index contributed by atoms with van der Waals surface area (Å²) >= 11 is 1.09. The van der Waals surface area contributed by atoms with Gasteiger partial charge in [0.05, 0.1) is 22.2 Å². The lowest BCUT2D eigenvalue weighted by molar-refractivity contribution is -0.114. The number of aryl methyl sites for hydroxylation is 3. The van der Waals surface area contributed by atoms with Crippen LogP contribution in [-0.4, -0.2) is 31.7 Å².